The number of hydrogen-bond acceptors (Lipinski definition) is 3. The molecule has 0 saturated heterocycles. The number of rotatable bonds is 6. The SMILES string of the molecule is CCC(CC)OC(=O)CCc1ccc(N)cc1. The molecule has 0 aliphatic carbocycles. The molecule has 17 heavy (non-hydrogen) atoms. The Bertz CT molecular complexity index is 342. The Kier molecular flexibility index (Phi) is 5.53. The van der Waals surface area contributed by atoms with Gasteiger partial charge in [0.25, 0.3) is 0 Å². The van der Waals surface area contributed by atoms with E-state index in [1.165, 1.54) is 0 Å². The molecule has 0 radical (unpaired) electrons. The first-order valence-electron chi connectivity index (χ1n) is 6.19. The molecule has 3 nitrogen and oxygen atoms in total. The van der Waals surface area contributed by atoms with Crippen molar-refractivity contribution < 1.29 is 9.53 Å². The lowest BCUT2D eigenvalue weighted by Gasteiger charge is -2.13. The summed E-state index contributed by atoms with van der Waals surface area (Å²) in [6, 6.07) is 7.59. The molecular weight excluding hydrogens is 214 g/mol. The Hall–Kier alpha value is -1.51. The fraction of sp³-hybridized carbons (Fsp3) is 0.500. The van der Waals surface area contributed by atoms with Gasteiger partial charge < -0.3 is 10.5 Å². The second-order valence-corrected chi connectivity index (χ2v) is 4.17. The summed E-state index contributed by atoms with van der Waals surface area (Å²) in [7, 11) is 0. The summed E-state index contributed by atoms with van der Waals surface area (Å²) in [5.74, 6) is -0.115. The second-order valence-electron chi connectivity index (χ2n) is 4.17. The molecule has 0 saturated carbocycles. The molecule has 94 valence electrons. The van der Waals surface area contributed by atoms with E-state index in [0.29, 0.717) is 12.8 Å². The molecule has 0 aliphatic heterocycles. The highest BCUT2D eigenvalue weighted by atomic mass is 16.5. The molecule has 0 aromatic heterocycles. The van der Waals surface area contributed by atoms with Gasteiger partial charge >= 0.3 is 5.97 Å². The molecule has 0 amide bonds. The van der Waals surface area contributed by atoms with Crippen LogP contribution in [0.25, 0.3) is 0 Å². The lowest BCUT2D eigenvalue weighted by molar-refractivity contribution is -0.149. The molecule has 0 bridgehead atoms. The van der Waals surface area contributed by atoms with Gasteiger partial charge in [0.05, 0.1) is 0 Å². The molecular formula is C14H21NO2. The van der Waals surface area contributed by atoms with Gasteiger partial charge in [0.2, 0.25) is 0 Å². The molecule has 0 atom stereocenters. The molecule has 0 fully saturated rings. The maximum Gasteiger partial charge on any atom is 0.306 e. The van der Waals surface area contributed by atoms with E-state index in [1.54, 1.807) is 0 Å². The largest absolute Gasteiger partial charge is 0.462 e. The molecule has 3 heteroatoms. The van der Waals surface area contributed by atoms with Crippen molar-refractivity contribution in [3.05, 3.63) is 29.8 Å². The van der Waals surface area contributed by atoms with Gasteiger partial charge in [0.15, 0.2) is 0 Å². The highest BCUT2D eigenvalue weighted by Gasteiger charge is 2.10. The van der Waals surface area contributed by atoms with Crippen LogP contribution < -0.4 is 5.73 Å². The summed E-state index contributed by atoms with van der Waals surface area (Å²) in [4.78, 5) is 11.6. The van der Waals surface area contributed by atoms with E-state index in [4.69, 9.17) is 10.5 Å². The fourth-order valence-electron chi connectivity index (χ4n) is 1.63. The molecule has 0 unspecified atom stereocenters. The number of carbonyl (C=O) groups is 1. The maximum atomic E-state index is 11.6. The Balaban J connectivity index is 2.35. The summed E-state index contributed by atoms with van der Waals surface area (Å²) in [5, 5.41) is 0. The number of nitrogens with two attached hydrogens (primary N) is 1. The zero-order valence-electron chi connectivity index (χ0n) is 10.6. The average molecular weight is 235 g/mol. The third kappa shape index (κ3) is 4.89. The third-order valence-corrected chi connectivity index (χ3v) is 2.81. The Morgan fingerprint density at radius 2 is 1.82 bits per heavy atom. The van der Waals surface area contributed by atoms with Gasteiger partial charge in [-0.05, 0) is 37.0 Å². The Labute approximate surface area is 103 Å². The van der Waals surface area contributed by atoms with Crippen molar-refractivity contribution in [3.63, 3.8) is 0 Å². The summed E-state index contributed by atoms with van der Waals surface area (Å²) in [6.45, 7) is 4.06. The van der Waals surface area contributed by atoms with Crippen LogP contribution in [0.3, 0.4) is 0 Å². The van der Waals surface area contributed by atoms with E-state index in [2.05, 4.69) is 0 Å². The number of nitrogen functional groups attached to an aromatic ring is 1. The van der Waals surface area contributed by atoms with E-state index in [9.17, 15) is 4.79 Å². The van der Waals surface area contributed by atoms with Crippen LogP contribution in [0.4, 0.5) is 5.69 Å². The minimum atomic E-state index is -0.115. The predicted molar refractivity (Wildman–Crippen MR) is 69.6 cm³/mol. The summed E-state index contributed by atoms with van der Waals surface area (Å²) < 4.78 is 5.33. The molecule has 1 aromatic carbocycles. The zero-order valence-corrected chi connectivity index (χ0v) is 10.6. The molecule has 0 heterocycles. The van der Waals surface area contributed by atoms with Crippen molar-refractivity contribution in [2.24, 2.45) is 0 Å². The van der Waals surface area contributed by atoms with E-state index in [-0.39, 0.29) is 12.1 Å². The first-order valence-corrected chi connectivity index (χ1v) is 6.19. The first kappa shape index (κ1) is 13.6. The Morgan fingerprint density at radius 3 is 2.35 bits per heavy atom. The second kappa shape index (κ2) is 6.94. The smallest absolute Gasteiger partial charge is 0.306 e. The number of carbonyl (C=O) groups excluding carboxylic acids is 1. The van der Waals surface area contributed by atoms with Crippen LogP contribution in [-0.4, -0.2) is 12.1 Å². The molecule has 0 aliphatic rings. The lowest BCUT2D eigenvalue weighted by atomic mass is 10.1. The van der Waals surface area contributed by atoms with Crippen LogP contribution in [0.2, 0.25) is 0 Å². The first-order chi connectivity index (χ1) is 8.15. The van der Waals surface area contributed by atoms with E-state index in [1.807, 2.05) is 38.1 Å². The highest BCUT2D eigenvalue weighted by molar-refractivity contribution is 5.70. The van der Waals surface area contributed by atoms with Gasteiger partial charge in [-0.3, -0.25) is 4.79 Å². The molecule has 1 rings (SSSR count). The number of benzene rings is 1. The van der Waals surface area contributed by atoms with Crippen LogP contribution in [0, 0.1) is 0 Å². The average Bonchev–Trinajstić information content (AvgIpc) is 2.35. The summed E-state index contributed by atoms with van der Waals surface area (Å²) >= 11 is 0. The summed E-state index contributed by atoms with van der Waals surface area (Å²) in [5.41, 5.74) is 7.45. The van der Waals surface area contributed by atoms with Gasteiger partial charge in [0, 0.05) is 12.1 Å². The van der Waals surface area contributed by atoms with Crippen LogP contribution in [-0.2, 0) is 16.0 Å². The van der Waals surface area contributed by atoms with Crippen LogP contribution >= 0.6 is 0 Å². The fourth-order valence-corrected chi connectivity index (χ4v) is 1.63. The van der Waals surface area contributed by atoms with Crippen molar-refractivity contribution in [1.82, 2.24) is 0 Å². The van der Waals surface area contributed by atoms with Crippen molar-refractivity contribution in [2.75, 3.05) is 5.73 Å². The number of aryl methyl sites for hydroxylation is 1. The minimum absolute atomic E-state index is 0.0638. The topological polar surface area (TPSA) is 52.3 Å². The summed E-state index contributed by atoms with van der Waals surface area (Å²) in [6.07, 6.45) is 2.96. The van der Waals surface area contributed by atoms with Crippen molar-refractivity contribution in [3.8, 4) is 0 Å². The minimum Gasteiger partial charge on any atom is -0.462 e. The lowest BCUT2D eigenvalue weighted by Crippen LogP contribution is -2.16. The van der Waals surface area contributed by atoms with Gasteiger partial charge in [-0.25, -0.2) is 0 Å². The predicted octanol–water partition coefficient (Wildman–Crippen LogP) is 2.93. The van der Waals surface area contributed by atoms with Gasteiger partial charge in [0.1, 0.15) is 6.10 Å². The quantitative estimate of drug-likeness (QED) is 0.609. The molecule has 0 spiro atoms. The highest BCUT2D eigenvalue weighted by Crippen LogP contribution is 2.10. The normalized spacial score (nSPS) is 10.5. The molecule has 2 N–H and O–H groups in total. The van der Waals surface area contributed by atoms with E-state index in [0.717, 1.165) is 24.1 Å². The standard InChI is InChI=1S/C14H21NO2/c1-3-13(4-2)17-14(16)10-7-11-5-8-12(15)9-6-11/h5-6,8-9,13H,3-4,7,10,15H2,1-2H3. The van der Waals surface area contributed by atoms with Gasteiger partial charge in [-0.2, -0.15) is 0 Å². The van der Waals surface area contributed by atoms with Crippen molar-refractivity contribution in [2.45, 2.75) is 45.6 Å². The number of esters is 1. The van der Waals surface area contributed by atoms with E-state index < -0.39 is 0 Å². The van der Waals surface area contributed by atoms with Gasteiger partial charge in [-0.1, -0.05) is 26.0 Å². The zero-order chi connectivity index (χ0) is 12.7. The number of hydrogen-bond donors (Lipinski definition) is 1. The van der Waals surface area contributed by atoms with Crippen molar-refractivity contribution >= 4 is 11.7 Å². The van der Waals surface area contributed by atoms with Gasteiger partial charge in [-0.15, -0.1) is 0 Å². The number of anilines is 1. The van der Waals surface area contributed by atoms with Crippen LogP contribution in [0.5, 0.6) is 0 Å². The van der Waals surface area contributed by atoms with Crippen LogP contribution in [0.15, 0.2) is 24.3 Å². The Morgan fingerprint density at radius 1 is 1.24 bits per heavy atom. The van der Waals surface area contributed by atoms with E-state index >= 15 is 0 Å². The maximum absolute atomic E-state index is 11.6. The van der Waals surface area contributed by atoms with Crippen LogP contribution in [0.1, 0.15) is 38.7 Å². The van der Waals surface area contributed by atoms with Crippen molar-refractivity contribution in [1.29, 1.82) is 0 Å². The molecule has 1 aromatic rings. The monoisotopic (exact) mass is 235 g/mol. The number of ether oxygens (including phenoxy) is 1. The third-order valence-electron chi connectivity index (χ3n) is 2.81.